The van der Waals surface area contributed by atoms with E-state index in [0.29, 0.717) is 22.6 Å². The Bertz CT molecular complexity index is 1170. The minimum Gasteiger partial charge on any atom is -0.497 e. The third-order valence-electron chi connectivity index (χ3n) is 5.74. The van der Waals surface area contributed by atoms with Crippen LogP contribution in [0.1, 0.15) is 19.4 Å². The number of nitrogens with one attached hydrogen (secondary N) is 1. The van der Waals surface area contributed by atoms with Gasteiger partial charge in [-0.2, -0.15) is 0 Å². The third-order valence-corrected chi connectivity index (χ3v) is 5.74. The third kappa shape index (κ3) is 4.32. The van der Waals surface area contributed by atoms with Crippen molar-refractivity contribution in [1.82, 2.24) is 0 Å². The van der Waals surface area contributed by atoms with E-state index < -0.39 is 0 Å². The summed E-state index contributed by atoms with van der Waals surface area (Å²) in [5.74, 6) is -0.0685. The molecular weight excluding hydrogens is 414 g/mol. The van der Waals surface area contributed by atoms with Gasteiger partial charge in [0, 0.05) is 24.5 Å². The van der Waals surface area contributed by atoms with Gasteiger partial charge in [0.05, 0.1) is 18.4 Å². The molecule has 1 aliphatic rings. The molecule has 3 aromatic rings. The van der Waals surface area contributed by atoms with Gasteiger partial charge in [0.15, 0.2) is 0 Å². The van der Waals surface area contributed by atoms with Gasteiger partial charge in [0.25, 0.3) is 11.8 Å². The number of hydrogen-bond acceptors (Lipinski definition) is 5. The highest BCUT2D eigenvalue weighted by Crippen LogP contribution is 2.34. The summed E-state index contributed by atoms with van der Waals surface area (Å²) < 4.78 is 5.24. The van der Waals surface area contributed by atoms with E-state index in [4.69, 9.17) is 4.74 Å². The number of carbonyl (C=O) groups is 2. The number of benzene rings is 3. The minimum absolute atomic E-state index is 0.254. The lowest BCUT2D eigenvalue weighted by atomic mass is 10.0. The molecule has 1 aliphatic heterocycles. The van der Waals surface area contributed by atoms with Crippen molar-refractivity contribution in [2.24, 2.45) is 0 Å². The maximum atomic E-state index is 13.5. The molecule has 6 nitrogen and oxygen atoms in total. The molecule has 2 amide bonds. The fourth-order valence-corrected chi connectivity index (χ4v) is 3.97. The first-order valence-corrected chi connectivity index (χ1v) is 11.0. The zero-order valence-electron chi connectivity index (χ0n) is 19.0. The molecule has 0 fully saturated rings. The smallest absolute Gasteiger partial charge is 0.282 e. The van der Waals surface area contributed by atoms with Crippen molar-refractivity contribution in [2.45, 2.75) is 13.8 Å². The van der Waals surface area contributed by atoms with E-state index in [1.807, 2.05) is 30.3 Å². The highest BCUT2D eigenvalue weighted by molar-refractivity contribution is 6.46. The number of ether oxygens (including phenoxy) is 1. The summed E-state index contributed by atoms with van der Waals surface area (Å²) in [6.45, 7) is 6.05. The number of amides is 2. The topological polar surface area (TPSA) is 61.9 Å². The monoisotopic (exact) mass is 441 g/mol. The first kappa shape index (κ1) is 22.1. The number of carbonyl (C=O) groups excluding carboxylic acids is 2. The Morgan fingerprint density at radius 3 is 2.03 bits per heavy atom. The van der Waals surface area contributed by atoms with E-state index in [2.05, 4.69) is 24.1 Å². The summed E-state index contributed by atoms with van der Waals surface area (Å²) in [6.07, 6.45) is 0. The summed E-state index contributed by atoms with van der Waals surface area (Å²) in [4.78, 5) is 30.4. The van der Waals surface area contributed by atoms with Crippen molar-refractivity contribution >= 4 is 34.4 Å². The van der Waals surface area contributed by atoms with E-state index in [1.165, 1.54) is 4.90 Å². The number of para-hydroxylation sites is 1. The second-order valence-electron chi connectivity index (χ2n) is 7.60. The zero-order chi connectivity index (χ0) is 23.4. The van der Waals surface area contributed by atoms with Gasteiger partial charge in [0.1, 0.15) is 11.4 Å². The molecule has 4 rings (SSSR count). The van der Waals surface area contributed by atoms with Crippen LogP contribution in [0.25, 0.3) is 5.57 Å². The van der Waals surface area contributed by atoms with Crippen LogP contribution in [0.4, 0.5) is 17.1 Å². The molecule has 0 spiro atoms. The van der Waals surface area contributed by atoms with E-state index in [0.717, 1.165) is 24.5 Å². The fourth-order valence-electron chi connectivity index (χ4n) is 3.97. The van der Waals surface area contributed by atoms with Crippen LogP contribution < -0.4 is 19.9 Å². The molecular formula is C27H27N3O3. The molecule has 0 unspecified atom stereocenters. The highest BCUT2D eigenvalue weighted by atomic mass is 16.5. The van der Waals surface area contributed by atoms with Crippen molar-refractivity contribution in [3.05, 3.63) is 90.1 Å². The molecule has 0 bridgehead atoms. The average molecular weight is 442 g/mol. The molecule has 1 N–H and O–H groups in total. The van der Waals surface area contributed by atoms with E-state index in [1.54, 1.807) is 55.6 Å². The predicted octanol–water partition coefficient (Wildman–Crippen LogP) is 4.94. The second-order valence-corrected chi connectivity index (χ2v) is 7.60. The number of imide groups is 1. The van der Waals surface area contributed by atoms with Crippen molar-refractivity contribution in [3.8, 4) is 5.75 Å². The van der Waals surface area contributed by atoms with Crippen molar-refractivity contribution < 1.29 is 14.3 Å². The van der Waals surface area contributed by atoms with Crippen molar-refractivity contribution in [2.75, 3.05) is 35.3 Å². The lowest BCUT2D eigenvalue weighted by Gasteiger charge is -2.21. The van der Waals surface area contributed by atoms with Crippen molar-refractivity contribution in [1.29, 1.82) is 0 Å². The fraction of sp³-hybridized carbons (Fsp3) is 0.185. The number of anilines is 3. The van der Waals surface area contributed by atoms with Gasteiger partial charge in [0.2, 0.25) is 0 Å². The Morgan fingerprint density at radius 2 is 1.45 bits per heavy atom. The van der Waals surface area contributed by atoms with Crippen LogP contribution in [-0.4, -0.2) is 32.0 Å². The summed E-state index contributed by atoms with van der Waals surface area (Å²) in [7, 11) is 1.59. The molecule has 0 aromatic heterocycles. The number of methoxy groups -OCH3 is 1. The summed E-state index contributed by atoms with van der Waals surface area (Å²) in [5, 5.41) is 3.22. The van der Waals surface area contributed by atoms with Gasteiger partial charge in [-0.05, 0) is 67.9 Å². The minimum atomic E-state index is -0.384. The second kappa shape index (κ2) is 9.61. The molecule has 168 valence electrons. The van der Waals surface area contributed by atoms with Crippen LogP contribution in [0.5, 0.6) is 5.75 Å². The lowest BCUT2D eigenvalue weighted by Crippen LogP contribution is -2.32. The van der Waals surface area contributed by atoms with Crippen LogP contribution in [-0.2, 0) is 9.59 Å². The summed E-state index contributed by atoms with van der Waals surface area (Å²) in [5.41, 5.74) is 3.61. The van der Waals surface area contributed by atoms with Gasteiger partial charge in [-0.3, -0.25) is 9.59 Å². The Hall–Kier alpha value is -4.06. The molecule has 33 heavy (non-hydrogen) atoms. The molecule has 0 saturated carbocycles. The number of hydrogen-bond donors (Lipinski definition) is 1. The summed E-state index contributed by atoms with van der Waals surface area (Å²) >= 11 is 0. The standard InChI is InChI=1S/C27H27N3O3/c1-4-29(5-2)21-15-13-20(14-16-21)28-25-24(19-11-17-23(33-3)18-12-19)26(31)30(27(25)32)22-9-7-6-8-10-22/h6-18,28H,4-5H2,1-3H3. The predicted molar refractivity (Wildman–Crippen MR) is 132 cm³/mol. The van der Waals surface area contributed by atoms with E-state index >= 15 is 0 Å². The number of nitrogens with zero attached hydrogens (tertiary/aromatic N) is 2. The first-order valence-electron chi connectivity index (χ1n) is 11.0. The maximum Gasteiger partial charge on any atom is 0.282 e. The molecule has 0 aliphatic carbocycles. The highest BCUT2D eigenvalue weighted by Gasteiger charge is 2.40. The maximum absolute atomic E-state index is 13.5. The molecule has 0 radical (unpaired) electrons. The molecule has 1 heterocycles. The summed E-state index contributed by atoms with van der Waals surface area (Å²) in [6, 6.07) is 24.0. The molecule has 3 aromatic carbocycles. The van der Waals surface area contributed by atoms with Crippen LogP contribution in [0, 0.1) is 0 Å². The zero-order valence-corrected chi connectivity index (χ0v) is 19.0. The van der Waals surface area contributed by atoms with Gasteiger partial charge < -0.3 is 15.0 Å². The largest absolute Gasteiger partial charge is 0.497 e. The van der Waals surface area contributed by atoms with E-state index in [-0.39, 0.29) is 17.5 Å². The van der Waals surface area contributed by atoms with Crippen molar-refractivity contribution in [3.63, 3.8) is 0 Å². The van der Waals surface area contributed by atoms with Crippen LogP contribution >= 0.6 is 0 Å². The van der Waals surface area contributed by atoms with E-state index in [9.17, 15) is 9.59 Å². The lowest BCUT2D eigenvalue weighted by molar-refractivity contribution is -0.120. The molecule has 0 saturated heterocycles. The Kier molecular flexibility index (Phi) is 6.45. The molecule has 6 heteroatoms. The van der Waals surface area contributed by atoms with Gasteiger partial charge in [-0.15, -0.1) is 0 Å². The Balaban J connectivity index is 1.73. The Morgan fingerprint density at radius 1 is 0.818 bits per heavy atom. The van der Waals surface area contributed by atoms with Crippen LogP contribution in [0.3, 0.4) is 0 Å². The van der Waals surface area contributed by atoms with Crippen LogP contribution in [0.15, 0.2) is 84.6 Å². The quantitative estimate of drug-likeness (QED) is 0.502. The SMILES string of the molecule is CCN(CC)c1ccc(NC2=C(c3ccc(OC)cc3)C(=O)N(c3ccccc3)C2=O)cc1. The van der Waals surface area contributed by atoms with Gasteiger partial charge in [-0.1, -0.05) is 30.3 Å². The molecule has 0 atom stereocenters. The number of rotatable bonds is 8. The average Bonchev–Trinajstić information content (AvgIpc) is 3.10. The normalized spacial score (nSPS) is 13.5. The first-order chi connectivity index (χ1) is 16.1. The van der Waals surface area contributed by atoms with Gasteiger partial charge in [-0.25, -0.2) is 4.90 Å². The van der Waals surface area contributed by atoms with Gasteiger partial charge >= 0.3 is 0 Å². The Labute approximate surface area is 194 Å². The van der Waals surface area contributed by atoms with Crippen LogP contribution in [0.2, 0.25) is 0 Å².